The van der Waals surface area contributed by atoms with Gasteiger partial charge in [-0.1, -0.05) is 18.9 Å². The fourth-order valence-electron chi connectivity index (χ4n) is 2.50. The Labute approximate surface area is 91.9 Å². The van der Waals surface area contributed by atoms with Crippen LogP contribution in [-0.4, -0.2) is 11.3 Å². The zero-order valence-electron chi connectivity index (χ0n) is 9.43. The van der Waals surface area contributed by atoms with Crippen molar-refractivity contribution in [2.75, 3.05) is 0 Å². The first-order valence-corrected chi connectivity index (χ1v) is 6.25. The minimum atomic E-state index is -0.481. The molecule has 0 aliphatic heterocycles. The monoisotopic (exact) mass is 207 g/mol. The summed E-state index contributed by atoms with van der Waals surface area (Å²) in [7, 11) is 0. The van der Waals surface area contributed by atoms with Crippen LogP contribution in [-0.2, 0) is 4.79 Å². The molecular formula is C13H21NO. The maximum absolute atomic E-state index is 12.2. The molecule has 2 aliphatic carbocycles. The Bertz CT molecular complexity index is 276. The third-order valence-corrected chi connectivity index (χ3v) is 3.78. The summed E-state index contributed by atoms with van der Waals surface area (Å²) >= 11 is 0. The third kappa shape index (κ3) is 2.31. The molecule has 0 heterocycles. The molecule has 2 nitrogen and oxygen atoms in total. The summed E-state index contributed by atoms with van der Waals surface area (Å²) < 4.78 is 0. The molecule has 0 amide bonds. The first-order valence-electron chi connectivity index (χ1n) is 6.25. The van der Waals surface area contributed by atoms with Gasteiger partial charge in [0, 0.05) is 0 Å². The number of hydrogen-bond acceptors (Lipinski definition) is 2. The molecule has 0 unspecified atom stereocenters. The van der Waals surface area contributed by atoms with Crippen LogP contribution in [0, 0.1) is 0 Å². The topological polar surface area (TPSA) is 43.1 Å². The summed E-state index contributed by atoms with van der Waals surface area (Å²) in [5.41, 5.74) is 6.62. The number of rotatable bonds is 2. The van der Waals surface area contributed by atoms with E-state index in [0.29, 0.717) is 0 Å². The molecule has 2 rings (SSSR count). The van der Waals surface area contributed by atoms with Gasteiger partial charge in [0.05, 0.1) is 5.54 Å². The van der Waals surface area contributed by atoms with Crippen molar-refractivity contribution in [1.29, 1.82) is 0 Å². The van der Waals surface area contributed by atoms with E-state index in [1.54, 1.807) is 0 Å². The molecule has 0 aromatic carbocycles. The van der Waals surface area contributed by atoms with Crippen molar-refractivity contribution in [3.63, 3.8) is 0 Å². The van der Waals surface area contributed by atoms with E-state index in [2.05, 4.69) is 6.08 Å². The van der Waals surface area contributed by atoms with Gasteiger partial charge in [-0.2, -0.15) is 0 Å². The van der Waals surface area contributed by atoms with Crippen LogP contribution in [0.15, 0.2) is 11.6 Å². The van der Waals surface area contributed by atoms with Crippen molar-refractivity contribution < 1.29 is 4.79 Å². The molecule has 15 heavy (non-hydrogen) atoms. The SMILES string of the molecule is NC1(C(=O)C2=CCCCCCC2)CCC1. The Balaban J connectivity index is 2.03. The van der Waals surface area contributed by atoms with E-state index in [9.17, 15) is 4.79 Å². The average Bonchev–Trinajstić information content (AvgIpc) is 2.13. The molecule has 0 spiro atoms. The van der Waals surface area contributed by atoms with Gasteiger partial charge in [-0.25, -0.2) is 0 Å². The highest BCUT2D eigenvalue weighted by Crippen LogP contribution is 2.33. The normalized spacial score (nSPS) is 25.8. The molecule has 0 aromatic heterocycles. The molecule has 0 saturated heterocycles. The second-order valence-electron chi connectivity index (χ2n) is 5.02. The number of Topliss-reactive ketones (excluding diaryl/α,β-unsaturated/α-hetero) is 1. The van der Waals surface area contributed by atoms with Crippen LogP contribution < -0.4 is 5.73 Å². The summed E-state index contributed by atoms with van der Waals surface area (Å²) in [6.45, 7) is 0. The Kier molecular flexibility index (Phi) is 3.25. The lowest BCUT2D eigenvalue weighted by atomic mass is 9.71. The molecule has 2 heteroatoms. The summed E-state index contributed by atoms with van der Waals surface area (Å²) in [6.07, 6.45) is 12.0. The molecular weight excluding hydrogens is 186 g/mol. The Hall–Kier alpha value is -0.630. The second kappa shape index (κ2) is 4.48. The average molecular weight is 207 g/mol. The summed E-state index contributed by atoms with van der Waals surface area (Å²) in [4.78, 5) is 12.2. The second-order valence-corrected chi connectivity index (χ2v) is 5.02. The number of allylic oxidation sites excluding steroid dienone is 1. The summed E-state index contributed by atoms with van der Waals surface area (Å²) in [5, 5.41) is 0. The molecule has 0 aromatic rings. The van der Waals surface area contributed by atoms with Gasteiger partial charge in [0.25, 0.3) is 0 Å². The quantitative estimate of drug-likeness (QED) is 0.756. The van der Waals surface area contributed by atoms with E-state index in [-0.39, 0.29) is 5.78 Å². The van der Waals surface area contributed by atoms with E-state index in [1.807, 2.05) is 0 Å². The Morgan fingerprint density at radius 2 is 1.87 bits per heavy atom. The van der Waals surface area contributed by atoms with Gasteiger partial charge in [-0.05, 0) is 50.5 Å². The fourth-order valence-corrected chi connectivity index (χ4v) is 2.50. The van der Waals surface area contributed by atoms with Gasteiger partial charge >= 0.3 is 0 Å². The van der Waals surface area contributed by atoms with E-state index in [4.69, 9.17) is 5.73 Å². The molecule has 2 N–H and O–H groups in total. The predicted molar refractivity (Wildman–Crippen MR) is 61.6 cm³/mol. The lowest BCUT2D eigenvalue weighted by molar-refractivity contribution is -0.123. The Morgan fingerprint density at radius 3 is 2.53 bits per heavy atom. The van der Waals surface area contributed by atoms with Gasteiger partial charge < -0.3 is 5.73 Å². The standard InChI is InChI=1S/C13H21NO/c14-13(9-6-10-13)12(15)11-7-4-2-1-3-5-8-11/h7H,1-6,8-10,14H2. The van der Waals surface area contributed by atoms with E-state index in [1.165, 1.54) is 19.3 Å². The van der Waals surface area contributed by atoms with E-state index >= 15 is 0 Å². The largest absolute Gasteiger partial charge is 0.319 e. The molecule has 0 radical (unpaired) electrons. The smallest absolute Gasteiger partial charge is 0.178 e. The maximum atomic E-state index is 12.2. The van der Waals surface area contributed by atoms with Crippen LogP contribution in [0.2, 0.25) is 0 Å². The van der Waals surface area contributed by atoms with Crippen LogP contribution in [0.3, 0.4) is 0 Å². The lowest BCUT2D eigenvalue weighted by Gasteiger charge is -2.37. The van der Waals surface area contributed by atoms with Crippen LogP contribution in [0.5, 0.6) is 0 Å². The molecule has 0 atom stereocenters. The highest BCUT2D eigenvalue weighted by molar-refractivity contribution is 6.03. The molecule has 1 saturated carbocycles. The van der Waals surface area contributed by atoms with Crippen molar-refractivity contribution >= 4 is 5.78 Å². The van der Waals surface area contributed by atoms with Crippen molar-refractivity contribution in [3.05, 3.63) is 11.6 Å². The minimum absolute atomic E-state index is 0.246. The molecule has 2 aliphatic rings. The first-order chi connectivity index (χ1) is 7.22. The van der Waals surface area contributed by atoms with Crippen LogP contribution >= 0.6 is 0 Å². The highest BCUT2D eigenvalue weighted by atomic mass is 16.1. The van der Waals surface area contributed by atoms with Gasteiger partial charge in [0.15, 0.2) is 5.78 Å². The van der Waals surface area contributed by atoms with Crippen molar-refractivity contribution in [2.45, 2.75) is 63.3 Å². The minimum Gasteiger partial charge on any atom is -0.319 e. The summed E-state index contributed by atoms with van der Waals surface area (Å²) in [6, 6.07) is 0. The van der Waals surface area contributed by atoms with Crippen molar-refractivity contribution in [3.8, 4) is 0 Å². The lowest BCUT2D eigenvalue weighted by Crippen LogP contribution is -2.54. The molecule has 1 fully saturated rings. The Morgan fingerprint density at radius 1 is 1.13 bits per heavy atom. The summed E-state index contributed by atoms with van der Waals surface area (Å²) in [5.74, 6) is 0.246. The predicted octanol–water partition coefficient (Wildman–Crippen LogP) is 2.72. The molecule has 0 bridgehead atoms. The highest BCUT2D eigenvalue weighted by Gasteiger charge is 2.40. The maximum Gasteiger partial charge on any atom is 0.178 e. The van der Waals surface area contributed by atoms with Crippen LogP contribution in [0.25, 0.3) is 0 Å². The number of carbonyl (C=O) groups is 1. The van der Waals surface area contributed by atoms with Gasteiger partial charge in [-0.15, -0.1) is 0 Å². The van der Waals surface area contributed by atoms with Crippen molar-refractivity contribution in [1.82, 2.24) is 0 Å². The molecule has 84 valence electrons. The zero-order valence-corrected chi connectivity index (χ0v) is 9.43. The first kappa shape index (κ1) is 10.9. The number of nitrogens with two attached hydrogens (primary N) is 1. The fraction of sp³-hybridized carbons (Fsp3) is 0.769. The number of ketones is 1. The van der Waals surface area contributed by atoms with Gasteiger partial charge in [0.1, 0.15) is 0 Å². The number of carbonyl (C=O) groups excluding carboxylic acids is 1. The van der Waals surface area contributed by atoms with Crippen LogP contribution in [0.4, 0.5) is 0 Å². The van der Waals surface area contributed by atoms with Crippen molar-refractivity contribution in [2.24, 2.45) is 5.73 Å². The van der Waals surface area contributed by atoms with E-state index in [0.717, 1.165) is 44.1 Å². The van der Waals surface area contributed by atoms with E-state index < -0.39 is 5.54 Å². The van der Waals surface area contributed by atoms with Gasteiger partial charge in [-0.3, -0.25) is 4.79 Å². The zero-order chi connectivity index (χ0) is 10.7. The van der Waals surface area contributed by atoms with Crippen LogP contribution in [0.1, 0.15) is 57.8 Å². The van der Waals surface area contributed by atoms with Gasteiger partial charge in [0.2, 0.25) is 0 Å². The number of hydrogen-bond donors (Lipinski definition) is 1. The third-order valence-electron chi connectivity index (χ3n) is 3.78.